The molecule has 1 atom stereocenters. The first-order valence-electron chi connectivity index (χ1n) is 11.9. The number of halogens is 1. The Morgan fingerprint density at radius 2 is 1.97 bits per heavy atom. The number of carbonyl (C=O) groups excluding carboxylic acids is 1. The van der Waals surface area contributed by atoms with Crippen molar-refractivity contribution in [2.75, 3.05) is 38.3 Å². The molecule has 0 unspecified atom stereocenters. The molecule has 10 nitrogen and oxygen atoms in total. The van der Waals surface area contributed by atoms with Crippen LogP contribution in [0.25, 0.3) is 17.0 Å². The van der Waals surface area contributed by atoms with Crippen molar-refractivity contribution in [3.63, 3.8) is 0 Å². The molecule has 1 aliphatic heterocycles. The second-order valence-corrected chi connectivity index (χ2v) is 9.04. The van der Waals surface area contributed by atoms with Crippen LogP contribution in [0, 0.1) is 18.3 Å². The molecule has 0 aliphatic carbocycles. The average Bonchev–Trinajstić information content (AvgIpc) is 3.35. The van der Waals surface area contributed by atoms with Crippen molar-refractivity contribution < 1.29 is 9.18 Å². The van der Waals surface area contributed by atoms with E-state index in [1.807, 2.05) is 18.9 Å². The smallest absolute Gasteiger partial charge is 0.270 e. The molecule has 1 amide bonds. The van der Waals surface area contributed by atoms with Gasteiger partial charge in [-0.15, -0.1) is 0 Å². The molecule has 0 spiro atoms. The summed E-state index contributed by atoms with van der Waals surface area (Å²) in [6.07, 6.45) is 3.22. The van der Waals surface area contributed by atoms with E-state index in [1.54, 1.807) is 53.3 Å². The van der Waals surface area contributed by atoms with Crippen LogP contribution in [-0.2, 0) is 6.54 Å². The maximum atomic E-state index is 14.1. The molecule has 1 fully saturated rings. The van der Waals surface area contributed by atoms with Gasteiger partial charge in [-0.05, 0) is 31.7 Å². The summed E-state index contributed by atoms with van der Waals surface area (Å²) >= 11 is 0. The van der Waals surface area contributed by atoms with Crippen molar-refractivity contribution in [2.24, 2.45) is 0 Å². The highest BCUT2D eigenvalue weighted by molar-refractivity contribution is 5.93. The number of rotatable bonds is 6. The topological polar surface area (TPSA) is 115 Å². The van der Waals surface area contributed by atoms with Gasteiger partial charge in [-0.1, -0.05) is 12.1 Å². The van der Waals surface area contributed by atoms with E-state index < -0.39 is 6.67 Å². The van der Waals surface area contributed by atoms with E-state index in [4.69, 9.17) is 10.4 Å². The molecule has 1 aliphatic rings. The van der Waals surface area contributed by atoms with Crippen LogP contribution in [0.1, 0.15) is 27.3 Å². The highest BCUT2D eigenvalue weighted by atomic mass is 19.1. The quantitative estimate of drug-likeness (QED) is 0.430. The molecule has 188 valence electrons. The molecule has 0 saturated carbocycles. The van der Waals surface area contributed by atoms with Crippen LogP contribution in [0.2, 0.25) is 0 Å². The number of aryl methyl sites for hydroxylation is 1. The summed E-state index contributed by atoms with van der Waals surface area (Å²) in [4.78, 5) is 30.5. The first-order chi connectivity index (χ1) is 18.0. The van der Waals surface area contributed by atoms with Crippen LogP contribution < -0.4 is 10.2 Å². The number of hydrogen-bond donors (Lipinski definition) is 1. The van der Waals surface area contributed by atoms with Crippen LogP contribution in [0.3, 0.4) is 0 Å². The average molecular weight is 500 g/mol. The molecule has 4 heterocycles. The molecule has 37 heavy (non-hydrogen) atoms. The van der Waals surface area contributed by atoms with Gasteiger partial charge in [0.2, 0.25) is 0 Å². The fourth-order valence-corrected chi connectivity index (χ4v) is 4.47. The lowest BCUT2D eigenvalue weighted by molar-refractivity contribution is 0.0946. The standard InChI is InChI=1S/C26H26FN9O/c1-17-25(30-8-7-29-17)21-11-23-32-22(26(37)31-15-19-5-3-18(14-28)4-6-19)12-24(36(23)33-21)35-10-9-34(2)16-20(35)13-27/h3-8,11-12,20H,9-10,13,15-16H2,1-2H3,(H,31,37)/t20-/m1/s1. The molecule has 4 aromatic rings. The van der Waals surface area contributed by atoms with Gasteiger partial charge in [0.25, 0.3) is 5.91 Å². The van der Waals surface area contributed by atoms with Crippen molar-refractivity contribution >= 4 is 17.4 Å². The third kappa shape index (κ3) is 4.96. The summed E-state index contributed by atoms with van der Waals surface area (Å²) in [5, 5.41) is 16.6. The van der Waals surface area contributed by atoms with E-state index in [9.17, 15) is 9.18 Å². The number of nitrogens with zero attached hydrogens (tertiary/aromatic N) is 8. The minimum atomic E-state index is -0.536. The van der Waals surface area contributed by atoms with E-state index in [0.29, 0.717) is 47.2 Å². The Kier molecular flexibility index (Phi) is 6.74. The predicted octanol–water partition coefficient (Wildman–Crippen LogP) is 2.39. The van der Waals surface area contributed by atoms with Gasteiger partial charge in [-0.25, -0.2) is 9.37 Å². The third-order valence-electron chi connectivity index (χ3n) is 6.46. The van der Waals surface area contributed by atoms with Gasteiger partial charge in [-0.2, -0.15) is 14.9 Å². The lowest BCUT2D eigenvalue weighted by atomic mass is 10.1. The van der Waals surface area contributed by atoms with E-state index in [1.165, 1.54) is 0 Å². The molecular weight excluding hydrogens is 473 g/mol. The van der Waals surface area contributed by atoms with Gasteiger partial charge in [0.1, 0.15) is 29.6 Å². The van der Waals surface area contributed by atoms with Crippen molar-refractivity contribution in [1.82, 2.24) is 34.8 Å². The number of amides is 1. The van der Waals surface area contributed by atoms with Crippen LogP contribution in [0.5, 0.6) is 0 Å². The largest absolute Gasteiger partial charge is 0.348 e. The number of nitriles is 1. The second-order valence-electron chi connectivity index (χ2n) is 9.04. The summed E-state index contributed by atoms with van der Waals surface area (Å²) < 4.78 is 15.7. The zero-order valence-corrected chi connectivity index (χ0v) is 20.6. The first kappa shape index (κ1) is 24.3. The highest BCUT2D eigenvalue weighted by Crippen LogP contribution is 2.26. The van der Waals surface area contributed by atoms with Gasteiger partial charge in [-0.3, -0.25) is 14.8 Å². The summed E-state index contributed by atoms with van der Waals surface area (Å²) in [6, 6.07) is 12.1. The maximum absolute atomic E-state index is 14.1. The van der Waals surface area contributed by atoms with E-state index in [-0.39, 0.29) is 24.2 Å². The molecule has 0 radical (unpaired) electrons. The van der Waals surface area contributed by atoms with Crippen molar-refractivity contribution in [3.05, 3.63) is 71.3 Å². The first-order valence-corrected chi connectivity index (χ1v) is 11.9. The molecule has 3 aromatic heterocycles. The second kappa shape index (κ2) is 10.3. The lowest BCUT2D eigenvalue weighted by Gasteiger charge is -2.40. The Morgan fingerprint density at radius 1 is 1.19 bits per heavy atom. The van der Waals surface area contributed by atoms with E-state index in [2.05, 4.69) is 31.2 Å². The Hall–Kier alpha value is -4.43. The number of alkyl halides is 1. The van der Waals surface area contributed by atoms with Gasteiger partial charge in [0.15, 0.2) is 5.65 Å². The molecule has 1 saturated heterocycles. The lowest BCUT2D eigenvalue weighted by Crippen LogP contribution is -2.53. The Balaban J connectivity index is 1.53. The van der Waals surface area contributed by atoms with Crippen LogP contribution in [0.4, 0.5) is 10.2 Å². The SMILES string of the molecule is Cc1nccnc1-c1cc2nc(C(=O)NCc3ccc(C#N)cc3)cc(N3CCN(C)C[C@H]3CF)n2n1. The summed E-state index contributed by atoms with van der Waals surface area (Å²) in [5.41, 5.74) is 3.97. The minimum Gasteiger partial charge on any atom is -0.348 e. The number of carbonyl (C=O) groups is 1. The molecule has 11 heteroatoms. The predicted molar refractivity (Wildman–Crippen MR) is 136 cm³/mol. The van der Waals surface area contributed by atoms with Crippen LogP contribution >= 0.6 is 0 Å². The fraction of sp³-hybridized carbons (Fsp3) is 0.308. The number of fused-ring (bicyclic) bond motifs is 1. The monoisotopic (exact) mass is 499 g/mol. The number of piperazine rings is 1. The molecular formula is C26H26FN9O. The number of nitrogens with one attached hydrogen (secondary N) is 1. The van der Waals surface area contributed by atoms with Gasteiger partial charge < -0.3 is 15.1 Å². The normalized spacial score (nSPS) is 16.1. The van der Waals surface area contributed by atoms with Gasteiger partial charge >= 0.3 is 0 Å². The zero-order valence-electron chi connectivity index (χ0n) is 20.6. The van der Waals surface area contributed by atoms with Crippen molar-refractivity contribution in [2.45, 2.75) is 19.5 Å². The molecule has 0 bridgehead atoms. The fourth-order valence-electron chi connectivity index (χ4n) is 4.47. The Labute approximate surface area is 213 Å². The number of anilines is 1. The molecule has 1 N–H and O–H groups in total. The Morgan fingerprint density at radius 3 is 2.70 bits per heavy atom. The summed E-state index contributed by atoms with van der Waals surface area (Å²) in [6.45, 7) is 3.47. The number of aromatic nitrogens is 5. The summed E-state index contributed by atoms with van der Waals surface area (Å²) in [7, 11) is 1.97. The molecule has 1 aromatic carbocycles. The number of benzene rings is 1. The van der Waals surface area contributed by atoms with E-state index in [0.717, 1.165) is 12.1 Å². The van der Waals surface area contributed by atoms with Gasteiger partial charge in [0, 0.05) is 50.7 Å². The highest BCUT2D eigenvalue weighted by Gasteiger charge is 2.29. The Bertz CT molecular complexity index is 1480. The number of hydrogen-bond acceptors (Lipinski definition) is 8. The molecule has 5 rings (SSSR count). The summed E-state index contributed by atoms with van der Waals surface area (Å²) in [5.74, 6) is 0.231. The maximum Gasteiger partial charge on any atom is 0.270 e. The minimum absolute atomic E-state index is 0.204. The van der Waals surface area contributed by atoms with Crippen LogP contribution in [0.15, 0.2) is 48.8 Å². The van der Waals surface area contributed by atoms with Crippen molar-refractivity contribution in [3.8, 4) is 17.5 Å². The van der Waals surface area contributed by atoms with E-state index >= 15 is 0 Å². The third-order valence-corrected chi connectivity index (χ3v) is 6.46. The number of likely N-dealkylation sites (N-methyl/N-ethyl adjacent to an activating group) is 1. The zero-order chi connectivity index (χ0) is 25.9. The van der Waals surface area contributed by atoms with Gasteiger partial charge in [0.05, 0.1) is 23.4 Å². The van der Waals surface area contributed by atoms with Crippen molar-refractivity contribution in [1.29, 1.82) is 5.26 Å². The van der Waals surface area contributed by atoms with Crippen LogP contribution in [-0.4, -0.2) is 74.8 Å².